The van der Waals surface area contributed by atoms with E-state index in [1.165, 1.54) is 12.1 Å². The summed E-state index contributed by atoms with van der Waals surface area (Å²) < 4.78 is 41.4. The normalized spacial score (nSPS) is 11.6. The second kappa shape index (κ2) is 4.49. The molecule has 0 bridgehead atoms. The molecule has 0 unspecified atom stereocenters. The molecule has 1 aromatic carbocycles. The SMILES string of the molecule is O=c1cc(C(F)(F)F)occ1-c1ccccc1Cl. The molecule has 0 N–H and O–H groups in total. The number of rotatable bonds is 1. The Labute approximate surface area is 105 Å². The summed E-state index contributed by atoms with van der Waals surface area (Å²) in [6.45, 7) is 0. The Morgan fingerprint density at radius 1 is 1.11 bits per heavy atom. The lowest BCUT2D eigenvalue weighted by Crippen LogP contribution is -2.11. The molecule has 2 nitrogen and oxygen atoms in total. The summed E-state index contributed by atoms with van der Waals surface area (Å²) >= 11 is 5.86. The number of halogens is 4. The second-order valence-corrected chi connectivity index (χ2v) is 3.91. The zero-order valence-electron chi connectivity index (χ0n) is 8.79. The van der Waals surface area contributed by atoms with Crippen molar-refractivity contribution in [1.82, 2.24) is 0 Å². The first-order valence-corrected chi connectivity index (χ1v) is 5.22. The quantitative estimate of drug-likeness (QED) is 0.787. The molecule has 2 aromatic rings. The highest BCUT2D eigenvalue weighted by Crippen LogP contribution is 2.30. The van der Waals surface area contributed by atoms with Crippen molar-refractivity contribution in [3.63, 3.8) is 0 Å². The van der Waals surface area contributed by atoms with Crippen LogP contribution >= 0.6 is 11.6 Å². The monoisotopic (exact) mass is 274 g/mol. The first kappa shape index (κ1) is 12.7. The van der Waals surface area contributed by atoms with Gasteiger partial charge in [-0.25, -0.2) is 0 Å². The summed E-state index contributed by atoms with van der Waals surface area (Å²) in [5, 5.41) is 0.268. The Morgan fingerprint density at radius 2 is 1.78 bits per heavy atom. The molecule has 18 heavy (non-hydrogen) atoms. The number of hydrogen-bond acceptors (Lipinski definition) is 2. The van der Waals surface area contributed by atoms with E-state index in [2.05, 4.69) is 4.42 Å². The average Bonchev–Trinajstić information content (AvgIpc) is 2.29. The molecule has 1 heterocycles. The van der Waals surface area contributed by atoms with Crippen LogP contribution in [0.5, 0.6) is 0 Å². The third kappa shape index (κ3) is 2.41. The molecule has 0 amide bonds. The third-order valence-electron chi connectivity index (χ3n) is 2.27. The highest BCUT2D eigenvalue weighted by Gasteiger charge is 2.34. The molecule has 0 atom stereocenters. The smallest absolute Gasteiger partial charge is 0.449 e. The molecule has 0 aliphatic rings. The van der Waals surface area contributed by atoms with Crippen molar-refractivity contribution in [2.75, 3.05) is 0 Å². The van der Waals surface area contributed by atoms with Crippen LogP contribution in [-0.2, 0) is 6.18 Å². The molecule has 0 saturated heterocycles. The van der Waals surface area contributed by atoms with E-state index in [0.29, 0.717) is 11.6 Å². The predicted molar refractivity (Wildman–Crippen MR) is 60.4 cm³/mol. The summed E-state index contributed by atoms with van der Waals surface area (Å²) in [5.41, 5.74) is -0.461. The maximum atomic E-state index is 12.3. The van der Waals surface area contributed by atoms with Gasteiger partial charge in [0.25, 0.3) is 0 Å². The van der Waals surface area contributed by atoms with Crippen molar-refractivity contribution in [2.45, 2.75) is 6.18 Å². The first-order valence-electron chi connectivity index (χ1n) is 4.84. The molecule has 0 aliphatic carbocycles. The van der Waals surface area contributed by atoms with Crippen LogP contribution in [0.1, 0.15) is 5.76 Å². The van der Waals surface area contributed by atoms with E-state index in [-0.39, 0.29) is 10.6 Å². The highest BCUT2D eigenvalue weighted by molar-refractivity contribution is 6.33. The van der Waals surface area contributed by atoms with Crippen LogP contribution in [0.3, 0.4) is 0 Å². The summed E-state index contributed by atoms with van der Waals surface area (Å²) in [4.78, 5) is 11.6. The van der Waals surface area contributed by atoms with Crippen LogP contribution < -0.4 is 5.43 Å². The number of benzene rings is 1. The maximum Gasteiger partial charge on any atom is 0.449 e. The molecule has 0 spiro atoms. The molecule has 0 saturated carbocycles. The summed E-state index contributed by atoms with van der Waals surface area (Å²) in [5.74, 6) is -1.33. The molecule has 0 radical (unpaired) electrons. The van der Waals surface area contributed by atoms with Crippen LogP contribution in [0.4, 0.5) is 13.2 Å². The van der Waals surface area contributed by atoms with Crippen molar-refractivity contribution in [2.24, 2.45) is 0 Å². The highest BCUT2D eigenvalue weighted by atomic mass is 35.5. The fraction of sp³-hybridized carbons (Fsp3) is 0.0833. The lowest BCUT2D eigenvalue weighted by molar-refractivity contribution is -0.153. The lowest BCUT2D eigenvalue weighted by atomic mass is 10.1. The van der Waals surface area contributed by atoms with Gasteiger partial charge in [0.05, 0.1) is 5.56 Å². The van der Waals surface area contributed by atoms with E-state index < -0.39 is 17.4 Å². The van der Waals surface area contributed by atoms with E-state index in [9.17, 15) is 18.0 Å². The third-order valence-corrected chi connectivity index (χ3v) is 2.60. The molecule has 0 aliphatic heterocycles. The van der Waals surface area contributed by atoms with Crippen LogP contribution in [0.15, 0.2) is 45.8 Å². The van der Waals surface area contributed by atoms with Crippen molar-refractivity contribution in [3.8, 4) is 11.1 Å². The van der Waals surface area contributed by atoms with Crippen LogP contribution in [0, 0.1) is 0 Å². The van der Waals surface area contributed by atoms with Crippen molar-refractivity contribution >= 4 is 11.6 Å². The predicted octanol–water partition coefficient (Wildman–Crippen LogP) is 3.98. The number of hydrogen-bond donors (Lipinski definition) is 0. The van der Waals surface area contributed by atoms with Gasteiger partial charge in [-0.1, -0.05) is 29.8 Å². The Hall–Kier alpha value is -1.75. The fourth-order valence-corrected chi connectivity index (χ4v) is 1.67. The number of alkyl halides is 3. The Bertz CT molecular complexity index is 632. The second-order valence-electron chi connectivity index (χ2n) is 3.50. The Balaban J connectivity index is 2.56. The molecule has 94 valence electrons. The van der Waals surface area contributed by atoms with Gasteiger partial charge in [0.2, 0.25) is 5.76 Å². The van der Waals surface area contributed by atoms with E-state index in [1.807, 2.05) is 0 Å². The van der Waals surface area contributed by atoms with Crippen LogP contribution in [0.25, 0.3) is 11.1 Å². The van der Waals surface area contributed by atoms with E-state index >= 15 is 0 Å². The van der Waals surface area contributed by atoms with Gasteiger partial charge in [0, 0.05) is 16.7 Å². The van der Waals surface area contributed by atoms with Crippen molar-refractivity contribution in [1.29, 1.82) is 0 Å². The largest absolute Gasteiger partial charge is 0.459 e. The maximum absolute atomic E-state index is 12.3. The molecule has 6 heteroatoms. The van der Waals surface area contributed by atoms with Gasteiger partial charge in [-0.2, -0.15) is 13.2 Å². The Kier molecular flexibility index (Phi) is 3.17. The zero-order chi connectivity index (χ0) is 13.3. The summed E-state index contributed by atoms with van der Waals surface area (Å²) in [7, 11) is 0. The molecular formula is C12H6ClF3O2. The topological polar surface area (TPSA) is 30.2 Å². The zero-order valence-corrected chi connectivity index (χ0v) is 9.55. The van der Waals surface area contributed by atoms with Crippen molar-refractivity contribution < 1.29 is 17.6 Å². The standard InChI is InChI=1S/C12H6ClF3O2/c13-9-4-2-1-3-7(9)8-6-18-11(5-10(8)17)12(14,15)16/h1-6H. The first-order chi connectivity index (χ1) is 8.39. The molecule has 0 fully saturated rings. The van der Waals surface area contributed by atoms with Gasteiger partial charge >= 0.3 is 6.18 Å². The minimum absolute atomic E-state index is 0.00593. The van der Waals surface area contributed by atoms with Gasteiger partial charge < -0.3 is 4.42 Å². The lowest BCUT2D eigenvalue weighted by Gasteiger charge is -2.06. The van der Waals surface area contributed by atoms with Gasteiger partial charge in [0.1, 0.15) is 6.26 Å². The average molecular weight is 275 g/mol. The molecule has 1 aromatic heterocycles. The van der Waals surface area contributed by atoms with Gasteiger partial charge in [0.15, 0.2) is 5.43 Å². The summed E-state index contributed by atoms with van der Waals surface area (Å²) in [6, 6.07) is 6.75. The van der Waals surface area contributed by atoms with Gasteiger partial charge in [-0.15, -0.1) is 0 Å². The molecular weight excluding hydrogens is 269 g/mol. The van der Waals surface area contributed by atoms with Gasteiger partial charge in [-0.05, 0) is 6.07 Å². The van der Waals surface area contributed by atoms with Crippen LogP contribution in [-0.4, -0.2) is 0 Å². The molecule has 2 rings (SSSR count). The van der Waals surface area contributed by atoms with Gasteiger partial charge in [-0.3, -0.25) is 4.79 Å². The van der Waals surface area contributed by atoms with Crippen LogP contribution in [0.2, 0.25) is 5.02 Å². The van der Waals surface area contributed by atoms with E-state index in [0.717, 1.165) is 6.26 Å². The van der Waals surface area contributed by atoms with Crippen molar-refractivity contribution in [3.05, 3.63) is 57.6 Å². The Morgan fingerprint density at radius 3 is 2.33 bits per heavy atom. The van der Waals surface area contributed by atoms with E-state index in [4.69, 9.17) is 11.6 Å². The minimum Gasteiger partial charge on any atom is -0.459 e. The fourth-order valence-electron chi connectivity index (χ4n) is 1.44. The summed E-state index contributed by atoms with van der Waals surface area (Å²) in [6.07, 6.45) is -3.91. The minimum atomic E-state index is -4.68. The van der Waals surface area contributed by atoms with E-state index in [1.54, 1.807) is 12.1 Å².